The van der Waals surface area contributed by atoms with Crippen LogP contribution in [0.25, 0.3) is 22.9 Å². The van der Waals surface area contributed by atoms with Gasteiger partial charge >= 0.3 is 18.0 Å². The molecule has 2 aliphatic rings. The maximum absolute atomic E-state index is 12.0. The molecule has 4 heterocycles. The number of oxazole rings is 2. The van der Waals surface area contributed by atoms with Gasteiger partial charge in [-0.3, -0.25) is 9.59 Å². The number of carboxylic acids is 1. The van der Waals surface area contributed by atoms with E-state index in [-0.39, 0.29) is 31.0 Å². The number of carbonyl (C=O) groups excluding carboxylic acids is 2. The minimum atomic E-state index is -0.867. The first-order chi connectivity index (χ1) is 33.1. The predicted octanol–water partition coefficient (Wildman–Crippen LogP) is 9.21. The summed E-state index contributed by atoms with van der Waals surface area (Å²) in [5.41, 5.74) is 6.07. The second-order valence-electron chi connectivity index (χ2n) is 17.2. The van der Waals surface area contributed by atoms with E-state index in [4.69, 9.17) is 27.8 Å². The van der Waals surface area contributed by atoms with Gasteiger partial charge in [0.1, 0.15) is 23.0 Å². The second-order valence-corrected chi connectivity index (χ2v) is 17.2. The topological polar surface area (TPSA) is 176 Å². The highest BCUT2D eigenvalue weighted by molar-refractivity contribution is 5.75. The molecule has 2 aliphatic heterocycles. The average Bonchev–Trinajstić information content (AvgIpc) is 4.18. The first kappa shape index (κ1) is 49.0. The zero-order valence-corrected chi connectivity index (χ0v) is 39.4. The number of carboxylic acid groups (broad SMARTS) is 1. The molecule has 0 aliphatic carbocycles. The van der Waals surface area contributed by atoms with E-state index in [1.165, 1.54) is 17.6 Å². The Balaban J connectivity index is 0.000000203. The van der Waals surface area contributed by atoms with Crippen LogP contribution in [0.15, 0.2) is 118 Å². The number of benzene rings is 4. The fourth-order valence-electron chi connectivity index (χ4n) is 8.74. The number of nitrogens with one attached hydrogen (secondary N) is 1. The minimum Gasteiger partial charge on any atom is -0.493 e. The number of amides is 1. The lowest BCUT2D eigenvalue weighted by atomic mass is 9.90. The molecule has 68 heavy (non-hydrogen) atoms. The van der Waals surface area contributed by atoms with Crippen molar-refractivity contribution in [3.05, 3.63) is 143 Å². The van der Waals surface area contributed by atoms with Crippen LogP contribution in [0, 0.1) is 37.5 Å². The zero-order chi connectivity index (χ0) is 47.8. The summed E-state index contributed by atoms with van der Waals surface area (Å²) >= 11 is 0. The SMILES string of the molecule is CCOC(=O)N1C[C@@H](CCc2ccc(OCCc3nc(-c4ccccc4)oc3C)cc2)[C@@H](C(=O)O)C1.COC(=O)[C@@H]1CNC[C@@H]1CCc1ccc(OCCc2nc(-c3ccccc3)oc2C)cc1. The standard InChI is InChI=1S/C28H32N2O6.C26H30N2O4/c1-3-34-28(33)30-17-22(24(18-30)27(31)32)12-9-20-10-13-23(14-11-20)35-16-15-25-19(2)36-26(29-25)21-7-5-4-6-8-21;1-18-24(28-25(32-18)20-6-4-3-5-7-20)14-15-31-22-12-9-19(10-13-22)8-11-21-16-27-17-23(21)26(29)30-2/h4-8,10-11,13-14,22,24H,3,9,12,15-18H2,1-2H3,(H,31,32);3-7,9-10,12-13,21,23,27H,8,11,14-17H2,1-2H3/t22-,24+;21-,23+/m10/s1. The third-order valence-corrected chi connectivity index (χ3v) is 12.6. The van der Waals surface area contributed by atoms with E-state index in [0.717, 1.165) is 76.9 Å². The fraction of sp³-hybridized carbons (Fsp3) is 0.389. The summed E-state index contributed by atoms with van der Waals surface area (Å²) in [6.07, 6.45) is 4.19. The quantitative estimate of drug-likeness (QED) is 0.0736. The lowest BCUT2D eigenvalue weighted by Crippen LogP contribution is -2.30. The van der Waals surface area contributed by atoms with Crippen LogP contribution < -0.4 is 14.8 Å². The summed E-state index contributed by atoms with van der Waals surface area (Å²) < 4.78 is 33.4. The molecule has 2 aromatic heterocycles. The summed E-state index contributed by atoms with van der Waals surface area (Å²) in [7, 11) is 1.46. The molecular formula is C54H62N4O10. The molecule has 14 nitrogen and oxygen atoms in total. The van der Waals surface area contributed by atoms with E-state index < -0.39 is 18.0 Å². The number of hydrogen-bond donors (Lipinski definition) is 2. The molecule has 4 atom stereocenters. The molecule has 0 saturated carbocycles. The van der Waals surface area contributed by atoms with Crippen LogP contribution in [0.3, 0.4) is 0 Å². The number of esters is 1. The first-order valence-electron chi connectivity index (χ1n) is 23.5. The third-order valence-electron chi connectivity index (χ3n) is 12.6. The molecule has 4 aromatic carbocycles. The first-order valence-corrected chi connectivity index (χ1v) is 23.5. The highest BCUT2D eigenvalue weighted by Crippen LogP contribution is 2.30. The molecule has 1 amide bonds. The summed E-state index contributed by atoms with van der Waals surface area (Å²) in [5.74, 6) is 3.13. The zero-order valence-electron chi connectivity index (χ0n) is 39.4. The highest BCUT2D eigenvalue weighted by Gasteiger charge is 2.40. The number of nitrogens with zero attached hydrogens (tertiary/aromatic N) is 3. The normalized spacial score (nSPS) is 17.6. The number of methoxy groups -OCH3 is 1. The van der Waals surface area contributed by atoms with E-state index in [1.807, 2.05) is 111 Å². The number of hydrogen-bond acceptors (Lipinski definition) is 12. The highest BCUT2D eigenvalue weighted by atomic mass is 16.6. The van der Waals surface area contributed by atoms with Crippen molar-refractivity contribution in [2.75, 3.05) is 53.1 Å². The summed E-state index contributed by atoms with van der Waals surface area (Å²) in [5, 5.41) is 12.9. The van der Waals surface area contributed by atoms with Crippen molar-refractivity contribution in [2.45, 2.75) is 59.3 Å². The lowest BCUT2D eigenvalue weighted by molar-refractivity contribution is -0.146. The molecule has 2 saturated heterocycles. The van der Waals surface area contributed by atoms with Gasteiger partial charge in [0.2, 0.25) is 11.8 Å². The van der Waals surface area contributed by atoms with Crippen LogP contribution in [-0.2, 0) is 44.7 Å². The number of carbonyl (C=O) groups is 3. The molecule has 0 spiro atoms. The largest absolute Gasteiger partial charge is 0.493 e. The molecule has 358 valence electrons. The Hall–Kier alpha value is -6.93. The number of likely N-dealkylation sites (tertiary alicyclic amines) is 1. The molecule has 2 N–H and O–H groups in total. The molecule has 0 bridgehead atoms. The molecule has 8 rings (SSSR count). The lowest BCUT2D eigenvalue weighted by Gasteiger charge is -2.16. The monoisotopic (exact) mass is 926 g/mol. The predicted molar refractivity (Wildman–Crippen MR) is 256 cm³/mol. The smallest absolute Gasteiger partial charge is 0.409 e. The Morgan fingerprint density at radius 3 is 1.63 bits per heavy atom. The Kier molecular flexibility index (Phi) is 17.4. The van der Waals surface area contributed by atoms with Gasteiger partial charge in [0.25, 0.3) is 0 Å². The van der Waals surface area contributed by atoms with E-state index in [1.54, 1.807) is 6.92 Å². The number of ether oxygens (including phenoxy) is 4. The molecule has 0 radical (unpaired) electrons. The summed E-state index contributed by atoms with van der Waals surface area (Å²) in [4.78, 5) is 46.3. The third kappa shape index (κ3) is 13.4. The number of aliphatic carboxylic acids is 1. The van der Waals surface area contributed by atoms with Crippen molar-refractivity contribution in [3.63, 3.8) is 0 Å². The number of aromatic nitrogens is 2. The Morgan fingerprint density at radius 1 is 0.662 bits per heavy atom. The van der Waals surface area contributed by atoms with Crippen LogP contribution in [0.2, 0.25) is 0 Å². The van der Waals surface area contributed by atoms with Crippen molar-refractivity contribution in [3.8, 4) is 34.4 Å². The van der Waals surface area contributed by atoms with Crippen molar-refractivity contribution in [1.82, 2.24) is 20.2 Å². The van der Waals surface area contributed by atoms with Gasteiger partial charge in [0.05, 0.1) is 50.2 Å². The molecule has 2 fully saturated rings. The Morgan fingerprint density at radius 2 is 1.16 bits per heavy atom. The Labute approximate surface area is 398 Å². The van der Waals surface area contributed by atoms with Crippen LogP contribution >= 0.6 is 0 Å². The van der Waals surface area contributed by atoms with Gasteiger partial charge in [-0.25, -0.2) is 14.8 Å². The molecule has 0 unspecified atom stereocenters. The van der Waals surface area contributed by atoms with E-state index in [0.29, 0.717) is 63.3 Å². The Bertz CT molecular complexity index is 2520. The molecular weight excluding hydrogens is 865 g/mol. The van der Waals surface area contributed by atoms with Crippen molar-refractivity contribution in [2.24, 2.45) is 23.7 Å². The van der Waals surface area contributed by atoms with Gasteiger partial charge in [0.15, 0.2) is 0 Å². The van der Waals surface area contributed by atoms with Gasteiger partial charge < -0.3 is 43.1 Å². The average molecular weight is 927 g/mol. The fourth-order valence-corrected chi connectivity index (χ4v) is 8.74. The minimum absolute atomic E-state index is 0.0370. The van der Waals surface area contributed by atoms with Crippen LogP contribution in [0.5, 0.6) is 11.5 Å². The number of rotatable bonds is 19. The maximum Gasteiger partial charge on any atom is 0.409 e. The summed E-state index contributed by atoms with van der Waals surface area (Å²) in [6, 6.07) is 35.8. The van der Waals surface area contributed by atoms with E-state index in [2.05, 4.69) is 27.4 Å². The van der Waals surface area contributed by atoms with Gasteiger partial charge in [-0.15, -0.1) is 0 Å². The van der Waals surface area contributed by atoms with Crippen molar-refractivity contribution < 1.29 is 47.3 Å². The number of aryl methyl sites for hydroxylation is 4. The summed E-state index contributed by atoms with van der Waals surface area (Å²) in [6.45, 7) is 9.07. The molecule has 6 aromatic rings. The van der Waals surface area contributed by atoms with Crippen LogP contribution in [-0.4, -0.2) is 91.1 Å². The van der Waals surface area contributed by atoms with E-state index in [9.17, 15) is 19.5 Å². The molecule has 14 heteroatoms. The van der Waals surface area contributed by atoms with Gasteiger partial charge in [-0.2, -0.15) is 0 Å². The van der Waals surface area contributed by atoms with Crippen molar-refractivity contribution in [1.29, 1.82) is 0 Å². The van der Waals surface area contributed by atoms with Gasteiger partial charge in [-0.1, -0.05) is 60.7 Å². The van der Waals surface area contributed by atoms with Gasteiger partial charge in [-0.05, 0) is 124 Å². The second kappa shape index (κ2) is 24.2. The van der Waals surface area contributed by atoms with Crippen LogP contribution in [0.4, 0.5) is 4.79 Å². The van der Waals surface area contributed by atoms with Crippen LogP contribution in [0.1, 0.15) is 53.8 Å². The maximum atomic E-state index is 12.0. The van der Waals surface area contributed by atoms with E-state index >= 15 is 0 Å². The van der Waals surface area contributed by atoms with Crippen molar-refractivity contribution >= 4 is 18.0 Å². The van der Waals surface area contributed by atoms with Gasteiger partial charge in [0, 0.05) is 43.6 Å².